The molecule has 0 bridgehead atoms. The molecule has 1 saturated heterocycles. The first-order valence-corrected chi connectivity index (χ1v) is 14.4. The Morgan fingerprint density at radius 3 is 2.74 bits per heavy atom. The van der Waals surface area contributed by atoms with Crippen LogP contribution in [-0.4, -0.2) is 71.2 Å². The highest BCUT2D eigenvalue weighted by Gasteiger charge is 2.24. The standard InChI is InChI=1S/C31H44N4O4/c1-6-24(16-21(3)29(36)7-2)30-33-27-17-23(18-32-22(4)31(37)39-25-10-8-9-11-25)12-13-28(27)35(30)20-26-19-34(5)14-15-38-26/h6,12-13,16-17,22,25-26,32H,7-11,14-15,18-20H2,1-5H3/b21-16-,24-6+. The number of imidazole rings is 1. The number of ketones is 1. The van der Waals surface area contributed by atoms with Crippen LogP contribution in [0.15, 0.2) is 35.9 Å². The van der Waals surface area contributed by atoms with Gasteiger partial charge in [0.15, 0.2) is 5.78 Å². The topological polar surface area (TPSA) is 85.7 Å². The first kappa shape index (κ1) is 29.2. The number of hydrogen-bond donors (Lipinski definition) is 1. The van der Waals surface area contributed by atoms with Gasteiger partial charge in [0.1, 0.15) is 18.0 Å². The highest BCUT2D eigenvalue weighted by atomic mass is 16.5. The fraction of sp³-hybridized carbons (Fsp3) is 0.581. The van der Waals surface area contributed by atoms with Gasteiger partial charge in [-0.1, -0.05) is 19.1 Å². The summed E-state index contributed by atoms with van der Waals surface area (Å²) in [6.07, 6.45) is 8.76. The lowest BCUT2D eigenvalue weighted by molar-refractivity contribution is -0.150. The smallest absolute Gasteiger partial charge is 0.323 e. The molecule has 2 fully saturated rings. The van der Waals surface area contributed by atoms with Gasteiger partial charge in [-0.2, -0.15) is 0 Å². The van der Waals surface area contributed by atoms with Gasteiger partial charge in [0.05, 0.1) is 30.3 Å². The molecule has 1 aromatic carbocycles. The second-order valence-electron chi connectivity index (χ2n) is 10.9. The van der Waals surface area contributed by atoms with E-state index in [1.165, 1.54) is 0 Å². The van der Waals surface area contributed by atoms with Gasteiger partial charge in [-0.3, -0.25) is 9.59 Å². The van der Waals surface area contributed by atoms with E-state index in [0.29, 0.717) is 26.1 Å². The molecule has 1 aliphatic carbocycles. The summed E-state index contributed by atoms with van der Waals surface area (Å²) in [5, 5.41) is 3.32. The van der Waals surface area contributed by atoms with E-state index in [0.717, 1.165) is 72.3 Å². The summed E-state index contributed by atoms with van der Waals surface area (Å²) in [6.45, 7) is 11.3. The van der Waals surface area contributed by atoms with Crippen LogP contribution in [0.1, 0.15) is 71.2 Å². The number of Topliss-reactive ketones (excluding diaryl/α,β-unsaturated/α-hetero) is 1. The number of likely N-dealkylation sites (N-methyl/N-ethyl adjacent to an activating group) is 1. The zero-order valence-corrected chi connectivity index (χ0v) is 24.2. The maximum atomic E-state index is 12.5. The molecule has 2 atom stereocenters. The number of benzene rings is 1. The Morgan fingerprint density at radius 1 is 1.28 bits per heavy atom. The van der Waals surface area contributed by atoms with Crippen molar-refractivity contribution in [2.24, 2.45) is 0 Å². The minimum Gasteiger partial charge on any atom is -0.461 e. The molecule has 0 amide bonds. The molecular weight excluding hydrogens is 492 g/mol. The van der Waals surface area contributed by atoms with Crippen LogP contribution in [0.2, 0.25) is 0 Å². The number of nitrogens with one attached hydrogen (secondary N) is 1. The molecule has 212 valence electrons. The Morgan fingerprint density at radius 2 is 2.05 bits per heavy atom. The first-order chi connectivity index (χ1) is 18.8. The Balaban J connectivity index is 1.58. The summed E-state index contributed by atoms with van der Waals surface area (Å²) in [4.78, 5) is 32.2. The van der Waals surface area contributed by atoms with Crippen LogP contribution in [0.3, 0.4) is 0 Å². The number of fused-ring (bicyclic) bond motifs is 1. The van der Waals surface area contributed by atoms with Crippen LogP contribution in [0.4, 0.5) is 0 Å². The van der Waals surface area contributed by atoms with Crippen LogP contribution < -0.4 is 5.32 Å². The van der Waals surface area contributed by atoms with Crippen molar-refractivity contribution in [3.05, 3.63) is 47.3 Å². The second-order valence-corrected chi connectivity index (χ2v) is 10.9. The van der Waals surface area contributed by atoms with Gasteiger partial charge >= 0.3 is 5.97 Å². The maximum Gasteiger partial charge on any atom is 0.323 e. The van der Waals surface area contributed by atoms with E-state index < -0.39 is 0 Å². The van der Waals surface area contributed by atoms with Crippen molar-refractivity contribution < 1.29 is 19.1 Å². The lowest BCUT2D eigenvalue weighted by atomic mass is 10.1. The molecule has 2 heterocycles. The molecule has 0 spiro atoms. The number of carbonyl (C=O) groups is 2. The van der Waals surface area contributed by atoms with E-state index in [1.54, 1.807) is 0 Å². The average molecular weight is 537 g/mol. The molecule has 0 radical (unpaired) electrons. The molecule has 4 rings (SSSR count). The van der Waals surface area contributed by atoms with E-state index in [1.807, 2.05) is 39.8 Å². The van der Waals surface area contributed by atoms with Crippen molar-refractivity contribution in [2.45, 2.75) is 91.1 Å². The van der Waals surface area contributed by atoms with Crippen LogP contribution in [0.25, 0.3) is 16.6 Å². The second kappa shape index (κ2) is 13.5. The fourth-order valence-electron chi connectivity index (χ4n) is 5.37. The zero-order valence-electron chi connectivity index (χ0n) is 24.2. The third-order valence-electron chi connectivity index (χ3n) is 7.79. The van der Waals surface area contributed by atoms with Crippen molar-refractivity contribution in [1.82, 2.24) is 19.8 Å². The number of rotatable bonds is 11. The predicted molar refractivity (Wildman–Crippen MR) is 154 cm³/mol. The highest BCUT2D eigenvalue weighted by molar-refractivity contribution is 5.97. The number of aromatic nitrogens is 2. The number of nitrogens with zero attached hydrogens (tertiary/aromatic N) is 3. The molecule has 1 aromatic heterocycles. The summed E-state index contributed by atoms with van der Waals surface area (Å²) in [5.74, 6) is 0.767. The maximum absolute atomic E-state index is 12.5. The van der Waals surface area contributed by atoms with Gasteiger partial charge in [-0.05, 0) is 82.8 Å². The van der Waals surface area contributed by atoms with Crippen molar-refractivity contribution in [2.75, 3.05) is 26.7 Å². The van der Waals surface area contributed by atoms with Crippen LogP contribution in [-0.2, 0) is 32.2 Å². The van der Waals surface area contributed by atoms with Crippen molar-refractivity contribution in [1.29, 1.82) is 0 Å². The van der Waals surface area contributed by atoms with Gasteiger partial charge in [0.2, 0.25) is 0 Å². The third kappa shape index (κ3) is 7.44. The largest absolute Gasteiger partial charge is 0.461 e. The lowest BCUT2D eigenvalue weighted by Crippen LogP contribution is -2.42. The minimum atomic E-state index is -0.381. The molecule has 1 aliphatic heterocycles. The summed E-state index contributed by atoms with van der Waals surface area (Å²) < 4.78 is 14.0. The monoisotopic (exact) mass is 536 g/mol. The van der Waals surface area contributed by atoms with Gasteiger partial charge < -0.3 is 24.3 Å². The fourth-order valence-corrected chi connectivity index (χ4v) is 5.37. The number of esters is 1. The number of hydrogen-bond acceptors (Lipinski definition) is 7. The SMILES string of the molecule is C/C=C(\C=C(\C)C(=O)CC)c1nc2cc(CNC(C)C(=O)OC3CCCC3)ccc2n1CC1CN(C)CCO1. The minimum absolute atomic E-state index is 0.0495. The average Bonchev–Trinajstić information content (AvgIpc) is 3.57. The van der Waals surface area contributed by atoms with E-state index in [-0.39, 0.29) is 30.0 Å². The normalized spacial score (nSPS) is 20.5. The molecule has 1 saturated carbocycles. The summed E-state index contributed by atoms with van der Waals surface area (Å²) in [5.41, 5.74) is 4.58. The van der Waals surface area contributed by atoms with Gasteiger partial charge in [-0.25, -0.2) is 4.98 Å². The van der Waals surface area contributed by atoms with Crippen molar-refractivity contribution in [3.8, 4) is 0 Å². The van der Waals surface area contributed by atoms with Crippen LogP contribution in [0.5, 0.6) is 0 Å². The van der Waals surface area contributed by atoms with Gasteiger partial charge in [0.25, 0.3) is 0 Å². The van der Waals surface area contributed by atoms with E-state index >= 15 is 0 Å². The number of carbonyl (C=O) groups excluding carboxylic acids is 2. The molecule has 2 aromatic rings. The third-order valence-corrected chi connectivity index (χ3v) is 7.79. The molecule has 1 N–H and O–H groups in total. The number of ether oxygens (including phenoxy) is 2. The lowest BCUT2D eigenvalue weighted by Gasteiger charge is -2.30. The number of allylic oxidation sites excluding steroid dienone is 4. The van der Waals surface area contributed by atoms with Crippen molar-refractivity contribution in [3.63, 3.8) is 0 Å². The number of morpholine rings is 1. The zero-order chi connectivity index (χ0) is 27.9. The first-order valence-electron chi connectivity index (χ1n) is 14.4. The Bertz CT molecular complexity index is 1220. The van der Waals surface area contributed by atoms with E-state index in [2.05, 4.69) is 40.0 Å². The van der Waals surface area contributed by atoms with E-state index in [9.17, 15) is 9.59 Å². The van der Waals surface area contributed by atoms with Crippen LogP contribution >= 0.6 is 0 Å². The predicted octanol–water partition coefficient (Wildman–Crippen LogP) is 4.66. The molecule has 2 unspecified atom stereocenters. The Labute approximate surface area is 232 Å². The van der Waals surface area contributed by atoms with Crippen molar-refractivity contribution >= 4 is 28.4 Å². The summed E-state index contributed by atoms with van der Waals surface area (Å²) >= 11 is 0. The Hall–Kier alpha value is -2.81. The summed E-state index contributed by atoms with van der Waals surface area (Å²) in [6, 6.07) is 5.87. The van der Waals surface area contributed by atoms with Gasteiger partial charge in [-0.15, -0.1) is 0 Å². The quantitative estimate of drug-likeness (QED) is 0.254. The van der Waals surface area contributed by atoms with E-state index in [4.69, 9.17) is 14.5 Å². The Kier molecular flexibility index (Phi) is 10.1. The van der Waals surface area contributed by atoms with Crippen LogP contribution in [0, 0.1) is 0 Å². The van der Waals surface area contributed by atoms with Gasteiger partial charge in [0, 0.05) is 31.6 Å². The highest BCUT2D eigenvalue weighted by Crippen LogP contribution is 2.26. The molecule has 8 nitrogen and oxygen atoms in total. The molecular formula is C31H44N4O4. The molecule has 2 aliphatic rings. The summed E-state index contributed by atoms with van der Waals surface area (Å²) in [7, 11) is 2.12. The molecule has 39 heavy (non-hydrogen) atoms. The molecule has 8 heteroatoms.